The molecule has 0 fully saturated rings. The topological polar surface area (TPSA) is 94.7 Å². The summed E-state index contributed by atoms with van der Waals surface area (Å²) in [5.41, 5.74) is 2.60. The number of Topliss-reactive ketones (excluding diaryl/α,β-unsaturated/α-hetero) is 2. The van der Waals surface area contributed by atoms with Gasteiger partial charge in [0.15, 0.2) is 12.4 Å². The van der Waals surface area contributed by atoms with Crippen LogP contribution >= 0.6 is 0 Å². The SMILES string of the molecule is COc1ccc(/C=C/C(=O)OCC(=O)c2[nH]c(C)c(C(C)=O)c2C)c(OC)c1. The van der Waals surface area contributed by atoms with Crippen LogP contribution in [0.15, 0.2) is 24.3 Å². The van der Waals surface area contributed by atoms with E-state index in [1.807, 2.05) is 0 Å². The van der Waals surface area contributed by atoms with Crippen molar-refractivity contribution in [1.82, 2.24) is 4.98 Å². The molecule has 148 valence electrons. The number of methoxy groups -OCH3 is 2. The largest absolute Gasteiger partial charge is 0.497 e. The molecule has 0 saturated heterocycles. The van der Waals surface area contributed by atoms with Gasteiger partial charge < -0.3 is 19.2 Å². The van der Waals surface area contributed by atoms with Gasteiger partial charge in [0, 0.05) is 29.0 Å². The van der Waals surface area contributed by atoms with Gasteiger partial charge in [0.1, 0.15) is 11.5 Å². The molecule has 7 heteroatoms. The second kappa shape index (κ2) is 9.03. The number of hydrogen-bond acceptors (Lipinski definition) is 6. The van der Waals surface area contributed by atoms with Crippen molar-refractivity contribution in [1.29, 1.82) is 0 Å². The van der Waals surface area contributed by atoms with Crippen LogP contribution in [0.4, 0.5) is 0 Å². The second-order valence-corrected chi connectivity index (χ2v) is 6.15. The van der Waals surface area contributed by atoms with Gasteiger partial charge in [0.25, 0.3) is 0 Å². The average molecular weight is 385 g/mol. The molecule has 0 amide bonds. The molecule has 0 saturated carbocycles. The van der Waals surface area contributed by atoms with Crippen LogP contribution in [0, 0.1) is 13.8 Å². The molecule has 0 atom stereocenters. The number of esters is 1. The molecule has 7 nitrogen and oxygen atoms in total. The number of H-pyrrole nitrogens is 1. The van der Waals surface area contributed by atoms with E-state index in [0.717, 1.165) is 0 Å². The quantitative estimate of drug-likeness (QED) is 0.426. The van der Waals surface area contributed by atoms with Crippen LogP contribution in [0.1, 0.15) is 44.6 Å². The summed E-state index contributed by atoms with van der Waals surface area (Å²) in [5, 5.41) is 0. The van der Waals surface area contributed by atoms with Crippen molar-refractivity contribution < 1.29 is 28.6 Å². The third-order valence-corrected chi connectivity index (χ3v) is 4.25. The van der Waals surface area contributed by atoms with Gasteiger partial charge in [-0.1, -0.05) is 0 Å². The highest BCUT2D eigenvalue weighted by Crippen LogP contribution is 2.25. The number of aromatic amines is 1. The zero-order valence-corrected chi connectivity index (χ0v) is 16.5. The number of aromatic nitrogens is 1. The number of benzene rings is 1. The molecule has 1 aromatic heterocycles. The van der Waals surface area contributed by atoms with Crippen molar-refractivity contribution in [3.05, 3.63) is 52.4 Å². The second-order valence-electron chi connectivity index (χ2n) is 6.15. The summed E-state index contributed by atoms with van der Waals surface area (Å²) in [6.07, 6.45) is 2.74. The highest BCUT2D eigenvalue weighted by Gasteiger charge is 2.20. The van der Waals surface area contributed by atoms with Gasteiger partial charge in [-0.05, 0) is 44.5 Å². The standard InChI is InChI=1S/C21H23NO6/c1-12-20(14(3)23)13(2)22-21(12)17(24)11-28-19(25)9-7-15-6-8-16(26-4)10-18(15)27-5/h6-10,22H,11H2,1-5H3/b9-7+. The van der Waals surface area contributed by atoms with Gasteiger partial charge in [-0.2, -0.15) is 0 Å². The Labute approximate surface area is 163 Å². The first-order valence-corrected chi connectivity index (χ1v) is 8.58. The summed E-state index contributed by atoms with van der Waals surface area (Å²) < 4.78 is 15.4. The number of ether oxygens (including phenoxy) is 3. The summed E-state index contributed by atoms with van der Waals surface area (Å²) in [6.45, 7) is 4.42. The maximum atomic E-state index is 12.3. The molecule has 0 aliphatic heterocycles. The van der Waals surface area contributed by atoms with Crippen LogP contribution in [0.25, 0.3) is 6.08 Å². The van der Waals surface area contributed by atoms with E-state index >= 15 is 0 Å². The normalized spacial score (nSPS) is 10.8. The monoisotopic (exact) mass is 385 g/mol. The number of ketones is 2. The van der Waals surface area contributed by atoms with Gasteiger partial charge in [-0.15, -0.1) is 0 Å². The first-order valence-electron chi connectivity index (χ1n) is 8.58. The molecular formula is C21H23NO6. The molecule has 1 N–H and O–H groups in total. The summed E-state index contributed by atoms with van der Waals surface area (Å²) in [4.78, 5) is 38.8. The highest BCUT2D eigenvalue weighted by atomic mass is 16.5. The number of carbonyl (C=O) groups is 3. The molecule has 1 aromatic carbocycles. The molecule has 0 spiro atoms. The third kappa shape index (κ3) is 4.68. The van der Waals surface area contributed by atoms with E-state index in [0.29, 0.717) is 33.9 Å². The number of nitrogens with one attached hydrogen (secondary N) is 1. The Balaban J connectivity index is 2.03. The Morgan fingerprint density at radius 2 is 1.82 bits per heavy atom. The van der Waals surface area contributed by atoms with Crippen molar-refractivity contribution in [2.24, 2.45) is 0 Å². The van der Waals surface area contributed by atoms with Gasteiger partial charge in [0.2, 0.25) is 5.78 Å². The smallest absolute Gasteiger partial charge is 0.331 e. The fourth-order valence-corrected chi connectivity index (χ4v) is 2.93. The molecule has 0 aliphatic rings. The molecule has 0 bridgehead atoms. The Morgan fingerprint density at radius 3 is 2.39 bits per heavy atom. The van der Waals surface area contributed by atoms with Crippen LogP contribution in [-0.2, 0) is 9.53 Å². The highest BCUT2D eigenvalue weighted by molar-refractivity contribution is 6.04. The Bertz CT molecular complexity index is 939. The number of carbonyl (C=O) groups excluding carboxylic acids is 3. The minimum Gasteiger partial charge on any atom is -0.497 e. The fraction of sp³-hybridized carbons (Fsp3) is 0.286. The van der Waals surface area contributed by atoms with Crippen LogP contribution in [-0.4, -0.2) is 43.3 Å². The van der Waals surface area contributed by atoms with E-state index in [-0.39, 0.29) is 11.5 Å². The maximum Gasteiger partial charge on any atom is 0.331 e. The number of aryl methyl sites for hydroxylation is 1. The van der Waals surface area contributed by atoms with Gasteiger partial charge in [0.05, 0.1) is 19.9 Å². The van der Waals surface area contributed by atoms with Gasteiger partial charge in [-0.3, -0.25) is 9.59 Å². The van der Waals surface area contributed by atoms with Crippen molar-refractivity contribution in [2.45, 2.75) is 20.8 Å². The lowest BCUT2D eigenvalue weighted by Gasteiger charge is -2.07. The first-order chi connectivity index (χ1) is 13.3. The van der Waals surface area contributed by atoms with Gasteiger partial charge >= 0.3 is 5.97 Å². The zero-order valence-electron chi connectivity index (χ0n) is 16.5. The maximum absolute atomic E-state index is 12.3. The lowest BCUT2D eigenvalue weighted by molar-refractivity contribution is -0.136. The summed E-state index contributed by atoms with van der Waals surface area (Å²) in [6, 6.07) is 5.17. The third-order valence-electron chi connectivity index (χ3n) is 4.25. The predicted octanol–water partition coefficient (Wildman–Crippen LogP) is 3.29. The Hall–Kier alpha value is -3.35. The molecule has 2 rings (SSSR count). The van der Waals surface area contributed by atoms with E-state index in [1.54, 1.807) is 39.2 Å². The average Bonchev–Trinajstić information content (AvgIpc) is 2.98. The minimum absolute atomic E-state index is 0.126. The van der Waals surface area contributed by atoms with E-state index in [9.17, 15) is 14.4 Å². The molecule has 0 unspecified atom stereocenters. The Kier molecular flexibility index (Phi) is 6.76. The molecule has 1 heterocycles. The molecule has 2 aromatic rings. The van der Waals surface area contributed by atoms with Crippen molar-refractivity contribution in [2.75, 3.05) is 20.8 Å². The van der Waals surface area contributed by atoms with Crippen LogP contribution in [0.5, 0.6) is 11.5 Å². The minimum atomic E-state index is -0.668. The Morgan fingerprint density at radius 1 is 1.11 bits per heavy atom. The molecular weight excluding hydrogens is 362 g/mol. The number of rotatable bonds is 8. The molecule has 0 aliphatic carbocycles. The molecule has 0 radical (unpaired) electrons. The van der Waals surface area contributed by atoms with Gasteiger partial charge in [-0.25, -0.2) is 4.79 Å². The van der Waals surface area contributed by atoms with E-state index in [4.69, 9.17) is 14.2 Å². The van der Waals surface area contributed by atoms with Crippen LogP contribution < -0.4 is 9.47 Å². The summed E-state index contributed by atoms with van der Waals surface area (Å²) in [5.74, 6) is -0.0353. The molecule has 28 heavy (non-hydrogen) atoms. The fourth-order valence-electron chi connectivity index (χ4n) is 2.93. The lowest BCUT2D eigenvalue weighted by Crippen LogP contribution is -2.14. The van der Waals surface area contributed by atoms with E-state index < -0.39 is 18.4 Å². The predicted molar refractivity (Wildman–Crippen MR) is 104 cm³/mol. The van der Waals surface area contributed by atoms with Crippen molar-refractivity contribution in [3.63, 3.8) is 0 Å². The van der Waals surface area contributed by atoms with E-state index in [2.05, 4.69) is 4.98 Å². The summed E-state index contributed by atoms with van der Waals surface area (Å²) in [7, 11) is 3.06. The lowest BCUT2D eigenvalue weighted by atomic mass is 10.1. The van der Waals surface area contributed by atoms with Crippen molar-refractivity contribution >= 4 is 23.6 Å². The van der Waals surface area contributed by atoms with Crippen molar-refractivity contribution in [3.8, 4) is 11.5 Å². The zero-order chi connectivity index (χ0) is 20.8. The number of hydrogen-bond donors (Lipinski definition) is 1. The van der Waals surface area contributed by atoms with E-state index in [1.165, 1.54) is 26.2 Å². The summed E-state index contributed by atoms with van der Waals surface area (Å²) >= 11 is 0. The first kappa shape index (κ1) is 21.0. The van der Waals surface area contributed by atoms with Crippen LogP contribution in [0.3, 0.4) is 0 Å². The van der Waals surface area contributed by atoms with Crippen LogP contribution in [0.2, 0.25) is 0 Å².